The van der Waals surface area contributed by atoms with Crippen molar-refractivity contribution in [2.45, 2.75) is 32.2 Å². The summed E-state index contributed by atoms with van der Waals surface area (Å²) in [6.07, 6.45) is 7.29. The maximum absolute atomic E-state index is 12.0. The molecule has 0 unspecified atom stereocenters. The molecule has 1 aromatic rings. The molecular weight excluding hydrogens is 368 g/mol. The van der Waals surface area contributed by atoms with Crippen LogP contribution in [0.3, 0.4) is 0 Å². The van der Waals surface area contributed by atoms with Gasteiger partial charge in [-0.05, 0) is 50.5 Å². The van der Waals surface area contributed by atoms with Crippen molar-refractivity contribution in [3.05, 3.63) is 46.5 Å². The third-order valence-corrected chi connectivity index (χ3v) is 4.22. The molecule has 0 atom stereocenters. The van der Waals surface area contributed by atoms with E-state index in [0.29, 0.717) is 24.7 Å². The zero-order valence-electron chi connectivity index (χ0n) is 14.0. The van der Waals surface area contributed by atoms with Gasteiger partial charge in [0.15, 0.2) is 5.96 Å². The molecule has 0 aromatic heterocycles. The third-order valence-electron chi connectivity index (χ3n) is 3.69. The summed E-state index contributed by atoms with van der Waals surface area (Å²) in [7, 11) is 0. The van der Waals surface area contributed by atoms with Gasteiger partial charge < -0.3 is 16.0 Å². The zero-order valence-corrected chi connectivity index (χ0v) is 15.6. The SMILES string of the molecule is CCNC(=NCCCNC(=O)c1ccc(Br)cc1)NC1CC=CC1. The first-order valence-corrected chi connectivity index (χ1v) is 9.22. The molecule has 3 N–H and O–H groups in total. The average molecular weight is 393 g/mol. The van der Waals surface area contributed by atoms with Crippen LogP contribution in [0.4, 0.5) is 0 Å². The molecule has 0 radical (unpaired) electrons. The van der Waals surface area contributed by atoms with Crippen molar-refractivity contribution in [2.75, 3.05) is 19.6 Å². The minimum absolute atomic E-state index is 0.0476. The molecule has 0 heterocycles. The number of nitrogens with zero attached hydrogens (tertiary/aromatic N) is 1. The molecular formula is C18H25BrN4O. The van der Waals surface area contributed by atoms with E-state index in [2.05, 4.69) is 55.9 Å². The van der Waals surface area contributed by atoms with E-state index >= 15 is 0 Å². The highest BCUT2D eigenvalue weighted by atomic mass is 79.9. The number of guanidine groups is 1. The van der Waals surface area contributed by atoms with Crippen LogP contribution in [0.15, 0.2) is 45.9 Å². The Balaban J connectivity index is 1.69. The van der Waals surface area contributed by atoms with Crippen molar-refractivity contribution in [3.63, 3.8) is 0 Å². The standard InChI is InChI=1S/C18H25BrN4O/c1-2-20-18(23-16-6-3-4-7-16)22-13-5-12-21-17(24)14-8-10-15(19)11-9-14/h3-4,8-11,16H,2,5-7,12-13H2,1H3,(H,21,24)(H2,20,22,23). The van der Waals surface area contributed by atoms with Crippen LogP contribution in [0.5, 0.6) is 0 Å². The fourth-order valence-corrected chi connectivity index (χ4v) is 2.69. The molecule has 0 bridgehead atoms. The zero-order chi connectivity index (χ0) is 17.2. The fourth-order valence-electron chi connectivity index (χ4n) is 2.42. The Bertz CT molecular complexity index is 575. The van der Waals surface area contributed by atoms with Gasteiger partial charge in [-0.2, -0.15) is 0 Å². The van der Waals surface area contributed by atoms with Crippen LogP contribution in [0.1, 0.15) is 36.5 Å². The number of amides is 1. The lowest BCUT2D eigenvalue weighted by Gasteiger charge is -2.16. The van der Waals surface area contributed by atoms with Gasteiger partial charge >= 0.3 is 0 Å². The number of carbonyl (C=O) groups is 1. The quantitative estimate of drug-likeness (QED) is 0.289. The van der Waals surface area contributed by atoms with Crippen LogP contribution in [-0.4, -0.2) is 37.5 Å². The van der Waals surface area contributed by atoms with Gasteiger partial charge in [-0.25, -0.2) is 0 Å². The minimum Gasteiger partial charge on any atom is -0.357 e. The predicted octanol–water partition coefficient (Wildman–Crippen LogP) is 2.84. The van der Waals surface area contributed by atoms with E-state index in [4.69, 9.17) is 0 Å². The summed E-state index contributed by atoms with van der Waals surface area (Å²) in [6, 6.07) is 7.79. The lowest BCUT2D eigenvalue weighted by atomic mass is 10.2. The van der Waals surface area contributed by atoms with Crippen molar-refractivity contribution in [1.29, 1.82) is 0 Å². The first-order chi connectivity index (χ1) is 11.7. The van der Waals surface area contributed by atoms with E-state index in [1.165, 1.54) is 0 Å². The highest BCUT2D eigenvalue weighted by Gasteiger charge is 2.11. The van der Waals surface area contributed by atoms with Crippen molar-refractivity contribution in [2.24, 2.45) is 4.99 Å². The summed E-state index contributed by atoms with van der Waals surface area (Å²) in [5.41, 5.74) is 0.672. The molecule has 1 aliphatic rings. The maximum atomic E-state index is 12.0. The van der Waals surface area contributed by atoms with E-state index < -0.39 is 0 Å². The van der Waals surface area contributed by atoms with E-state index in [1.807, 2.05) is 12.1 Å². The van der Waals surface area contributed by atoms with Gasteiger partial charge in [-0.15, -0.1) is 0 Å². The fraction of sp³-hybridized carbons (Fsp3) is 0.444. The third kappa shape index (κ3) is 6.35. The van der Waals surface area contributed by atoms with E-state index in [-0.39, 0.29) is 5.91 Å². The van der Waals surface area contributed by atoms with E-state index in [1.54, 1.807) is 12.1 Å². The summed E-state index contributed by atoms with van der Waals surface area (Å²) in [6.45, 7) is 4.19. The summed E-state index contributed by atoms with van der Waals surface area (Å²) in [5.74, 6) is 0.805. The lowest BCUT2D eigenvalue weighted by molar-refractivity contribution is 0.0953. The van der Waals surface area contributed by atoms with Gasteiger partial charge in [0, 0.05) is 35.7 Å². The van der Waals surface area contributed by atoms with Gasteiger partial charge in [0.2, 0.25) is 0 Å². The van der Waals surface area contributed by atoms with E-state index in [9.17, 15) is 4.79 Å². The Kier molecular flexibility index (Phi) is 7.82. The smallest absolute Gasteiger partial charge is 0.251 e. The molecule has 2 rings (SSSR count). The second kappa shape index (κ2) is 10.1. The van der Waals surface area contributed by atoms with Gasteiger partial charge in [-0.1, -0.05) is 28.1 Å². The number of hydrogen-bond acceptors (Lipinski definition) is 2. The molecule has 1 aromatic carbocycles. The molecule has 1 aliphatic carbocycles. The second-order valence-electron chi connectivity index (χ2n) is 5.66. The molecule has 0 saturated carbocycles. The molecule has 24 heavy (non-hydrogen) atoms. The monoisotopic (exact) mass is 392 g/mol. The van der Waals surface area contributed by atoms with Crippen LogP contribution < -0.4 is 16.0 Å². The Hall–Kier alpha value is -1.82. The molecule has 0 aliphatic heterocycles. The molecule has 0 fully saturated rings. The first kappa shape index (κ1) is 18.5. The molecule has 0 saturated heterocycles. The van der Waals surface area contributed by atoms with Crippen molar-refractivity contribution in [1.82, 2.24) is 16.0 Å². The van der Waals surface area contributed by atoms with Crippen molar-refractivity contribution < 1.29 is 4.79 Å². The molecule has 1 amide bonds. The van der Waals surface area contributed by atoms with Gasteiger partial charge in [0.25, 0.3) is 5.91 Å². The molecule has 0 spiro atoms. The van der Waals surface area contributed by atoms with Crippen LogP contribution >= 0.6 is 15.9 Å². The Morgan fingerprint density at radius 2 is 1.92 bits per heavy atom. The first-order valence-electron chi connectivity index (χ1n) is 8.42. The molecule has 130 valence electrons. The van der Waals surface area contributed by atoms with Gasteiger partial charge in [0.1, 0.15) is 0 Å². The average Bonchev–Trinajstić information content (AvgIpc) is 3.08. The topological polar surface area (TPSA) is 65.5 Å². The van der Waals surface area contributed by atoms with Gasteiger partial charge in [0.05, 0.1) is 0 Å². The number of carbonyl (C=O) groups excluding carboxylic acids is 1. The summed E-state index contributed by atoms with van der Waals surface area (Å²) < 4.78 is 0.967. The number of nitrogens with one attached hydrogen (secondary N) is 3. The summed E-state index contributed by atoms with van der Waals surface area (Å²) in [4.78, 5) is 16.6. The predicted molar refractivity (Wildman–Crippen MR) is 102 cm³/mol. The highest BCUT2D eigenvalue weighted by molar-refractivity contribution is 9.10. The summed E-state index contributed by atoms with van der Waals surface area (Å²) in [5, 5.41) is 9.61. The van der Waals surface area contributed by atoms with E-state index in [0.717, 1.165) is 36.2 Å². The van der Waals surface area contributed by atoms with Crippen LogP contribution in [-0.2, 0) is 0 Å². The Labute approximate surface area is 152 Å². The van der Waals surface area contributed by atoms with Crippen molar-refractivity contribution in [3.8, 4) is 0 Å². The minimum atomic E-state index is -0.0476. The molecule has 6 heteroatoms. The van der Waals surface area contributed by atoms with Crippen LogP contribution in [0.25, 0.3) is 0 Å². The number of benzene rings is 1. The van der Waals surface area contributed by atoms with Crippen LogP contribution in [0.2, 0.25) is 0 Å². The lowest BCUT2D eigenvalue weighted by Crippen LogP contribution is -2.42. The van der Waals surface area contributed by atoms with Gasteiger partial charge in [-0.3, -0.25) is 9.79 Å². The highest BCUT2D eigenvalue weighted by Crippen LogP contribution is 2.10. The van der Waals surface area contributed by atoms with Crippen LogP contribution in [0, 0.1) is 0 Å². The largest absolute Gasteiger partial charge is 0.357 e. The Morgan fingerprint density at radius 3 is 2.58 bits per heavy atom. The summed E-state index contributed by atoms with van der Waals surface area (Å²) >= 11 is 3.36. The maximum Gasteiger partial charge on any atom is 0.251 e. The number of halogens is 1. The number of hydrogen-bond donors (Lipinski definition) is 3. The molecule has 5 nitrogen and oxygen atoms in total. The Morgan fingerprint density at radius 1 is 1.21 bits per heavy atom. The second-order valence-corrected chi connectivity index (χ2v) is 6.58. The normalized spacial score (nSPS) is 14.7. The number of aliphatic imine (C=N–C) groups is 1. The van der Waals surface area contributed by atoms with Crippen molar-refractivity contribution >= 4 is 27.8 Å². The number of rotatable bonds is 7.